The zero-order valence-electron chi connectivity index (χ0n) is 9.02. The van der Waals surface area contributed by atoms with Gasteiger partial charge >= 0.3 is 12.1 Å². The number of carbonyl (C=O) groups excluding carboxylic acids is 2. The van der Waals surface area contributed by atoms with Crippen molar-refractivity contribution < 1.29 is 19.1 Å². The monoisotopic (exact) mass is 291 g/mol. The molecule has 1 amide bonds. The number of rotatable bonds is 3. The van der Waals surface area contributed by atoms with Crippen LogP contribution in [0.1, 0.15) is 6.42 Å². The molecule has 0 radical (unpaired) electrons. The van der Waals surface area contributed by atoms with E-state index in [-0.39, 0.29) is 11.4 Å². The molecule has 0 aromatic rings. The number of methoxy groups -OCH3 is 1. The second-order valence-corrected chi connectivity index (χ2v) is 4.68. The van der Waals surface area contributed by atoms with Crippen molar-refractivity contribution >= 4 is 28.0 Å². The minimum atomic E-state index is -0.563. The van der Waals surface area contributed by atoms with Crippen LogP contribution in [0.3, 0.4) is 0 Å². The van der Waals surface area contributed by atoms with Crippen LogP contribution in [0.4, 0.5) is 4.79 Å². The summed E-state index contributed by atoms with van der Waals surface area (Å²) in [5.74, 6) is -0.419. The van der Waals surface area contributed by atoms with Gasteiger partial charge in [0.25, 0.3) is 0 Å². The molecule has 0 aromatic carbocycles. The van der Waals surface area contributed by atoms with Crippen LogP contribution >= 0.6 is 15.9 Å². The van der Waals surface area contributed by atoms with Crippen molar-refractivity contribution in [3.63, 3.8) is 0 Å². The van der Waals surface area contributed by atoms with Crippen molar-refractivity contribution in [3.05, 3.63) is 12.7 Å². The SMILES string of the molecule is C=CCOC(=O)N1CC(Br)C[C@H]1C(=O)OC. The van der Waals surface area contributed by atoms with Gasteiger partial charge in [-0.2, -0.15) is 0 Å². The minimum absolute atomic E-state index is 0.0906. The molecule has 0 aliphatic carbocycles. The lowest BCUT2D eigenvalue weighted by atomic mass is 10.2. The standard InChI is InChI=1S/C10H14BrNO4/c1-3-4-16-10(14)12-6-7(11)5-8(12)9(13)15-2/h3,7-8H,1,4-6H2,2H3/t7?,8-/m0/s1. The van der Waals surface area contributed by atoms with Crippen molar-refractivity contribution in [3.8, 4) is 0 Å². The van der Waals surface area contributed by atoms with Gasteiger partial charge in [-0.1, -0.05) is 28.6 Å². The van der Waals surface area contributed by atoms with Crippen LogP contribution in [-0.2, 0) is 14.3 Å². The largest absolute Gasteiger partial charge is 0.467 e. The first-order valence-electron chi connectivity index (χ1n) is 4.86. The van der Waals surface area contributed by atoms with Gasteiger partial charge in [0, 0.05) is 11.4 Å². The predicted molar refractivity (Wildman–Crippen MR) is 61.4 cm³/mol. The first-order valence-corrected chi connectivity index (χ1v) is 5.78. The summed E-state index contributed by atoms with van der Waals surface area (Å²) >= 11 is 3.38. The fourth-order valence-corrected chi connectivity index (χ4v) is 2.23. The summed E-state index contributed by atoms with van der Waals surface area (Å²) < 4.78 is 9.53. The average Bonchev–Trinajstić information content (AvgIpc) is 2.67. The molecular weight excluding hydrogens is 278 g/mol. The van der Waals surface area contributed by atoms with Gasteiger partial charge in [0.05, 0.1) is 7.11 Å². The number of amides is 1. The summed E-state index contributed by atoms with van der Waals surface area (Å²) in [5.41, 5.74) is 0. The van der Waals surface area contributed by atoms with Crippen molar-refractivity contribution in [2.45, 2.75) is 17.3 Å². The summed E-state index contributed by atoms with van der Waals surface area (Å²) in [6, 6.07) is -0.563. The third-order valence-electron chi connectivity index (χ3n) is 2.28. The van der Waals surface area contributed by atoms with Crippen molar-refractivity contribution in [2.75, 3.05) is 20.3 Å². The molecule has 0 saturated carbocycles. The Kier molecular flexibility index (Phi) is 4.79. The number of carbonyl (C=O) groups is 2. The maximum Gasteiger partial charge on any atom is 0.410 e. The van der Waals surface area contributed by atoms with Crippen LogP contribution in [0.25, 0.3) is 0 Å². The maximum atomic E-state index is 11.6. The summed E-state index contributed by atoms with van der Waals surface area (Å²) in [4.78, 5) is 24.5. The highest BCUT2D eigenvalue weighted by molar-refractivity contribution is 9.09. The molecule has 5 nitrogen and oxygen atoms in total. The van der Waals surface area contributed by atoms with E-state index < -0.39 is 18.1 Å². The molecule has 2 atom stereocenters. The molecular formula is C10H14BrNO4. The molecule has 0 aromatic heterocycles. The molecule has 1 aliphatic rings. The Morgan fingerprint density at radius 2 is 2.31 bits per heavy atom. The van der Waals surface area contributed by atoms with Crippen LogP contribution in [0.15, 0.2) is 12.7 Å². The Bertz CT molecular complexity index is 295. The van der Waals surface area contributed by atoms with Gasteiger partial charge in [-0.05, 0) is 6.42 Å². The molecule has 0 bridgehead atoms. The molecule has 1 rings (SSSR count). The van der Waals surface area contributed by atoms with Gasteiger partial charge in [0.2, 0.25) is 0 Å². The van der Waals surface area contributed by atoms with Gasteiger partial charge < -0.3 is 9.47 Å². The predicted octanol–water partition coefficient (Wildman–Crippen LogP) is 1.32. The van der Waals surface area contributed by atoms with Crippen molar-refractivity contribution in [2.24, 2.45) is 0 Å². The molecule has 1 saturated heterocycles. The van der Waals surface area contributed by atoms with Crippen molar-refractivity contribution in [1.29, 1.82) is 0 Å². The molecule has 1 aliphatic heterocycles. The number of likely N-dealkylation sites (tertiary alicyclic amines) is 1. The maximum absolute atomic E-state index is 11.6. The van der Waals surface area contributed by atoms with Crippen LogP contribution in [0.2, 0.25) is 0 Å². The van der Waals surface area contributed by atoms with E-state index in [4.69, 9.17) is 4.74 Å². The van der Waals surface area contributed by atoms with E-state index >= 15 is 0 Å². The van der Waals surface area contributed by atoms with Crippen LogP contribution in [0, 0.1) is 0 Å². The van der Waals surface area contributed by atoms with Crippen LogP contribution in [0.5, 0.6) is 0 Å². The van der Waals surface area contributed by atoms with Crippen molar-refractivity contribution in [1.82, 2.24) is 4.90 Å². The van der Waals surface area contributed by atoms with Gasteiger partial charge in [-0.3, -0.25) is 4.90 Å². The highest BCUT2D eigenvalue weighted by Crippen LogP contribution is 2.24. The topological polar surface area (TPSA) is 55.8 Å². The van der Waals surface area contributed by atoms with Gasteiger partial charge in [0.1, 0.15) is 12.6 Å². The Hall–Kier alpha value is -1.04. The summed E-state index contributed by atoms with van der Waals surface area (Å²) in [6.07, 6.45) is 1.50. The van der Waals surface area contributed by atoms with E-state index in [1.807, 2.05) is 0 Å². The highest BCUT2D eigenvalue weighted by Gasteiger charge is 2.40. The normalized spacial score (nSPS) is 24.0. The first-order chi connectivity index (χ1) is 7.60. The summed E-state index contributed by atoms with van der Waals surface area (Å²) in [6.45, 7) is 4.02. The average molecular weight is 292 g/mol. The molecule has 1 heterocycles. The number of hydrogen-bond donors (Lipinski definition) is 0. The number of hydrogen-bond acceptors (Lipinski definition) is 4. The minimum Gasteiger partial charge on any atom is -0.467 e. The molecule has 16 heavy (non-hydrogen) atoms. The van der Waals surface area contributed by atoms with Gasteiger partial charge in [-0.15, -0.1) is 0 Å². The number of alkyl halides is 1. The van der Waals surface area contributed by atoms with E-state index in [1.54, 1.807) is 0 Å². The van der Waals surface area contributed by atoms with Gasteiger partial charge in [0.15, 0.2) is 0 Å². The number of halogens is 1. The molecule has 1 fully saturated rings. The highest BCUT2D eigenvalue weighted by atomic mass is 79.9. The zero-order chi connectivity index (χ0) is 12.1. The molecule has 0 spiro atoms. The molecule has 6 heteroatoms. The second kappa shape index (κ2) is 5.89. The Morgan fingerprint density at radius 1 is 1.62 bits per heavy atom. The summed E-state index contributed by atoms with van der Waals surface area (Å²) in [7, 11) is 1.30. The number of nitrogens with zero attached hydrogens (tertiary/aromatic N) is 1. The third kappa shape index (κ3) is 2.98. The molecule has 0 N–H and O–H groups in total. The second-order valence-electron chi connectivity index (χ2n) is 3.39. The van der Waals surface area contributed by atoms with Crippen LogP contribution < -0.4 is 0 Å². The summed E-state index contributed by atoms with van der Waals surface area (Å²) in [5, 5.41) is 0. The number of esters is 1. The van der Waals surface area contributed by atoms with E-state index in [1.165, 1.54) is 18.1 Å². The van der Waals surface area contributed by atoms with E-state index in [2.05, 4.69) is 27.2 Å². The van der Waals surface area contributed by atoms with Gasteiger partial charge in [-0.25, -0.2) is 9.59 Å². The zero-order valence-corrected chi connectivity index (χ0v) is 10.6. The lowest BCUT2D eigenvalue weighted by molar-refractivity contribution is -0.145. The molecule has 90 valence electrons. The third-order valence-corrected chi connectivity index (χ3v) is 2.95. The quantitative estimate of drug-likeness (QED) is 0.447. The lowest BCUT2D eigenvalue weighted by Gasteiger charge is -2.21. The fraction of sp³-hybridized carbons (Fsp3) is 0.600. The lowest BCUT2D eigenvalue weighted by Crippen LogP contribution is -2.41. The van der Waals surface area contributed by atoms with E-state index in [0.717, 1.165) is 0 Å². The Morgan fingerprint density at radius 3 is 2.88 bits per heavy atom. The fourth-order valence-electron chi connectivity index (χ4n) is 1.56. The molecule has 1 unspecified atom stereocenters. The Balaban J connectivity index is 2.65. The van der Waals surface area contributed by atoms with E-state index in [0.29, 0.717) is 13.0 Å². The van der Waals surface area contributed by atoms with Crippen LogP contribution in [-0.4, -0.2) is 48.1 Å². The smallest absolute Gasteiger partial charge is 0.410 e. The van der Waals surface area contributed by atoms with E-state index in [9.17, 15) is 9.59 Å². The number of ether oxygens (including phenoxy) is 2. The first kappa shape index (κ1) is 13.0. The Labute approximate surface area is 103 Å².